The molecule has 1 heterocycles. The van der Waals surface area contributed by atoms with Crippen molar-refractivity contribution in [2.75, 3.05) is 25.5 Å². The van der Waals surface area contributed by atoms with Gasteiger partial charge in [0.2, 0.25) is 5.13 Å². The molecular weight excluding hydrogens is 208 g/mol. The predicted octanol–water partition coefficient (Wildman–Crippen LogP) is 2.07. The molecule has 0 aliphatic heterocycles. The molecule has 0 radical (unpaired) electrons. The van der Waals surface area contributed by atoms with Gasteiger partial charge in [-0.3, -0.25) is 0 Å². The first-order valence-corrected chi connectivity index (χ1v) is 6.18. The van der Waals surface area contributed by atoms with E-state index in [9.17, 15) is 0 Å². The van der Waals surface area contributed by atoms with Gasteiger partial charge in [-0.05, 0) is 40.3 Å². The summed E-state index contributed by atoms with van der Waals surface area (Å²) >= 11 is 1.41. The van der Waals surface area contributed by atoms with Crippen LogP contribution in [0.25, 0.3) is 0 Å². The van der Waals surface area contributed by atoms with Crippen molar-refractivity contribution in [3.05, 3.63) is 6.33 Å². The number of anilines is 1. The summed E-state index contributed by atoms with van der Waals surface area (Å²) in [6.07, 6.45) is 3.98. The van der Waals surface area contributed by atoms with E-state index in [1.165, 1.54) is 24.4 Å². The highest BCUT2D eigenvalue weighted by molar-refractivity contribution is 7.09. The molecule has 15 heavy (non-hydrogen) atoms. The molecule has 0 unspecified atom stereocenters. The number of hydrogen-bond donors (Lipinski definition) is 1. The summed E-state index contributed by atoms with van der Waals surface area (Å²) in [6, 6.07) is 0.640. The zero-order valence-corrected chi connectivity index (χ0v) is 10.5. The average Bonchev–Trinajstić information content (AvgIpc) is 2.69. The van der Waals surface area contributed by atoms with Gasteiger partial charge in [0.05, 0.1) is 0 Å². The highest BCUT2D eigenvalue weighted by Gasteiger charge is 2.01. The monoisotopic (exact) mass is 228 g/mol. The lowest BCUT2D eigenvalue weighted by Crippen LogP contribution is -2.27. The van der Waals surface area contributed by atoms with Crippen molar-refractivity contribution in [3.63, 3.8) is 0 Å². The number of hydrogen-bond acceptors (Lipinski definition) is 5. The molecule has 86 valence electrons. The maximum atomic E-state index is 4.06. The van der Waals surface area contributed by atoms with Gasteiger partial charge in [-0.15, -0.1) is 0 Å². The Balaban J connectivity index is 1.98. The molecule has 1 aromatic heterocycles. The van der Waals surface area contributed by atoms with Gasteiger partial charge in [-0.25, -0.2) is 4.98 Å². The molecule has 0 aromatic carbocycles. The number of nitrogens with one attached hydrogen (secondary N) is 1. The molecule has 4 nitrogen and oxygen atoms in total. The summed E-state index contributed by atoms with van der Waals surface area (Å²) in [7, 11) is 2.17. The van der Waals surface area contributed by atoms with Crippen LogP contribution in [0.4, 0.5) is 5.13 Å². The third kappa shape index (κ3) is 5.09. The quantitative estimate of drug-likeness (QED) is 0.725. The van der Waals surface area contributed by atoms with E-state index in [0.717, 1.165) is 18.2 Å². The van der Waals surface area contributed by atoms with Crippen molar-refractivity contribution in [3.8, 4) is 0 Å². The summed E-state index contributed by atoms with van der Waals surface area (Å²) in [5, 5.41) is 4.18. The van der Waals surface area contributed by atoms with Crippen LogP contribution in [0, 0.1) is 0 Å². The third-order valence-corrected chi connectivity index (χ3v) is 3.08. The van der Waals surface area contributed by atoms with Crippen molar-refractivity contribution in [1.29, 1.82) is 0 Å². The van der Waals surface area contributed by atoms with Gasteiger partial charge in [0, 0.05) is 24.1 Å². The third-order valence-electron chi connectivity index (χ3n) is 2.46. The number of aromatic nitrogens is 2. The first-order chi connectivity index (χ1) is 7.20. The van der Waals surface area contributed by atoms with Crippen LogP contribution in [0.5, 0.6) is 0 Å². The highest BCUT2D eigenvalue weighted by Crippen LogP contribution is 2.06. The Kier molecular flexibility index (Phi) is 5.57. The molecule has 0 saturated carbocycles. The maximum absolute atomic E-state index is 4.06. The lowest BCUT2D eigenvalue weighted by atomic mass is 10.2. The minimum Gasteiger partial charge on any atom is -0.360 e. The molecule has 0 amide bonds. The molecule has 0 atom stereocenters. The summed E-state index contributed by atoms with van der Waals surface area (Å²) < 4.78 is 3.93. The Labute approximate surface area is 95.9 Å². The van der Waals surface area contributed by atoms with E-state index in [0.29, 0.717) is 6.04 Å². The number of unbranched alkanes of at least 4 members (excludes halogenated alkanes) is 1. The van der Waals surface area contributed by atoms with Crippen LogP contribution in [0.2, 0.25) is 0 Å². The van der Waals surface area contributed by atoms with E-state index in [1.54, 1.807) is 6.33 Å². The normalized spacial score (nSPS) is 11.3. The first-order valence-electron chi connectivity index (χ1n) is 5.41. The fourth-order valence-corrected chi connectivity index (χ4v) is 1.65. The molecule has 5 heteroatoms. The van der Waals surface area contributed by atoms with Crippen LogP contribution >= 0.6 is 11.5 Å². The Hall–Kier alpha value is -0.680. The molecular formula is C10H20N4S. The van der Waals surface area contributed by atoms with Gasteiger partial charge < -0.3 is 10.2 Å². The molecule has 1 N–H and O–H groups in total. The van der Waals surface area contributed by atoms with Crippen LogP contribution in [0.1, 0.15) is 26.7 Å². The summed E-state index contributed by atoms with van der Waals surface area (Å²) in [4.78, 5) is 6.43. The Morgan fingerprint density at radius 1 is 1.47 bits per heavy atom. The average molecular weight is 228 g/mol. The summed E-state index contributed by atoms with van der Waals surface area (Å²) in [5.74, 6) is 0. The van der Waals surface area contributed by atoms with Crippen LogP contribution in [0.15, 0.2) is 6.33 Å². The number of nitrogens with zero attached hydrogens (tertiary/aromatic N) is 3. The van der Waals surface area contributed by atoms with Crippen LogP contribution in [0.3, 0.4) is 0 Å². The molecule has 0 aliphatic rings. The molecule has 1 aromatic rings. The zero-order valence-electron chi connectivity index (χ0n) is 9.73. The Morgan fingerprint density at radius 2 is 2.27 bits per heavy atom. The molecule has 0 fully saturated rings. The second kappa shape index (κ2) is 6.74. The van der Waals surface area contributed by atoms with Crippen molar-refractivity contribution in [1.82, 2.24) is 14.3 Å². The van der Waals surface area contributed by atoms with Crippen molar-refractivity contribution >= 4 is 16.7 Å². The summed E-state index contributed by atoms with van der Waals surface area (Å²) in [6.45, 7) is 6.59. The fraction of sp³-hybridized carbons (Fsp3) is 0.800. The van der Waals surface area contributed by atoms with Gasteiger partial charge in [-0.1, -0.05) is 0 Å². The van der Waals surface area contributed by atoms with Crippen molar-refractivity contribution in [2.24, 2.45) is 0 Å². The van der Waals surface area contributed by atoms with Gasteiger partial charge in [-0.2, -0.15) is 4.37 Å². The zero-order chi connectivity index (χ0) is 11.1. The van der Waals surface area contributed by atoms with E-state index < -0.39 is 0 Å². The second-order valence-corrected chi connectivity index (χ2v) is 4.73. The van der Waals surface area contributed by atoms with Gasteiger partial charge in [0.25, 0.3) is 0 Å². The first kappa shape index (κ1) is 12.4. The van der Waals surface area contributed by atoms with Crippen LogP contribution in [-0.2, 0) is 0 Å². The Morgan fingerprint density at radius 3 is 2.87 bits per heavy atom. The minimum atomic E-state index is 0.640. The summed E-state index contributed by atoms with van der Waals surface area (Å²) in [5.41, 5.74) is 0. The second-order valence-electron chi connectivity index (χ2n) is 3.95. The highest BCUT2D eigenvalue weighted by atomic mass is 32.1. The molecule has 1 rings (SSSR count). The standard InChI is InChI=1S/C10H20N4S/c1-9(2)14(3)7-5-4-6-11-10-12-8-13-15-10/h8-9H,4-7H2,1-3H3,(H,11,12,13). The van der Waals surface area contributed by atoms with E-state index >= 15 is 0 Å². The van der Waals surface area contributed by atoms with E-state index in [-0.39, 0.29) is 0 Å². The van der Waals surface area contributed by atoms with Gasteiger partial charge in [0.15, 0.2) is 0 Å². The van der Waals surface area contributed by atoms with Gasteiger partial charge in [0.1, 0.15) is 6.33 Å². The lowest BCUT2D eigenvalue weighted by molar-refractivity contribution is 0.269. The minimum absolute atomic E-state index is 0.640. The maximum Gasteiger partial charge on any atom is 0.202 e. The predicted molar refractivity (Wildman–Crippen MR) is 65.4 cm³/mol. The molecule has 0 spiro atoms. The molecule has 0 bridgehead atoms. The van der Waals surface area contributed by atoms with E-state index in [2.05, 4.69) is 40.5 Å². The van der Waals surface area contributed by atoms with Crippen molar-refractivity contribution in [2.45, 2.75) is 32.7 Å². The van der Waals surface area contributed by atoms with Gasteiger partial charge >= 0.3 is 0 Å². The van der Waals surface area contributed by atoms with E-state index in [1.807, 2.05) is 0 Å². The Bertz CT molecular complexity index is 248. The largest absolute Gasteiger partial charge is 0.360 e. The van der Waals surface area contributed by atoms with Crippen LogP contribution < -0.4 is 5.32 Å². The topological polar surface area (TPSA) is 41.0 Å². The molecule has 0 saturated heterocycles. The number of rotatable bonds is 7. The molecule has 0 aliphatic carbocycles. The fourth-order valence-electron chi connectivity index (χ4n) is 1.19. The lowest BCUT2D eigenvalue weighted by Gasteiger charge is -2.20. The SMILES string of the molecule is CC(C)N(C)CCCCNc1ncns1. The van der Waals surface area contributed by atoms with E-state index in [4.69, 9.17) is 0 Å². The smallest absolute Gasteiger partial charge is 0.202 e. The van der Waals surface area contributed by atoms with Crippen LogP contribution in [-0.4, -0.2) is 40.4 Å². The van der Waals surface area contributed by atoms with Crippen molar-refractivity contribution < 1.29 is 0 Å².